The van der Waals surface area contributed by atoms with Crippen LogP contribution in [0.1, 0.15) is 11.1 Å². The van der Waals surface area contributed by atoms with E-state index in [0.29, 0.717) is 35.2 Å². The lowest BCUT2D eigenvalue weighted by Crippen LogP contribution is -2.11. The Hall–Kier alpha value is -3.06. The molecular formula is C18H18ClN5O2. The van der Waals surface area contributed by atoms with Gasteiger partial charge in [-0.2, -0.15) is 5.10 Å². The van der Waals surface area contributed by atoms with E-state index < -0.39 is 0 Å². The van der Waals surface area contributed by atoms with Gasteiger partial charge in [-0.05, 0) is 12.1 Å². The molecule has 3 N–H and O–H groups in total. The van der Waals surface area contributed by atoms with Crippen LogP contribution >= 0.6 is 11.6 Å². The maximum absolute atomic E-state index is 11.7. The third-order valence-corrected chi connectivity index (χ3v) is 4.06. The first kappa shape index (κ1) is 17.8. The number of aromatic amines is 1. The molecule has 1 aromatic carbocycles. The van der Waals surface area contributed by atoms with Gasteiger partial charge in [-0.3, -0.25) is 14.5 Å². The monoisotopic (exact) mass is 371 g/mol. The van der Waals surface area contributed by atoms with Gasteiger partial charge in [0.2, 0.25) is 5.95 Å². The molecule has 0 saturated heterocycles. The lowest BCUT2D eigenvalue weighted by molar-refractivity contribution is 0.360. The molecule has 0 radical (unpaired) electrons. The van der Waals surface area contributed by atoms with Gasteiger partial charge < -0.3 is 10.5 Å². The van der Waals surface area contributed by atoms with Gasteiger partial charge in [-0.15, -0.1) is 0 Å². The Morgan fingerprint density at radius 1 is 1.46 bits per heavy atom. The molecule has 7 nitrogen and oxygen atoms in total. The van der Waals surface area contributed by atoms with Crippen molar-refractivity contribution in [3.63, 3.8) is 0 Å². The number of halogens is 1. The van der Waals surface area contributed by atoms with Gasteiger partial charge in [0.1, 0.15) is 23.7 Å². The highest BCUT2D eigenvalue weighted by molar-refractivity contribution is 6.31. The zero-order chi connectivity index (χ0) is 18.7. The zero-order valence-corrected chi connectivity index (χ0v) is 15.0. The average molecular weight is 372 g/mol. The number of aromatic nitrogens is 4. The van der Waals surface area contributed by atoms with Crippen molar-refractivity contribution in [2.75, 3.05) is 12.3 Å². The molecule has 0 bridgehead atoms. The van der Waals surface area contributed by atoms with E-state index in [1.54, 1.807) is 23.9 Å². The molecule has 0 spiro atoms. The molecule has 2 heterocycles. The van der Waals surface area contributed by atoms with Gasteiger partial charge in [0.05, 0.1) is 0 Å². The molecule has 0 aliphatic heterocycles. The third kappa shape index (κ3) is 3.78. The quantitative estimate of drug-likeness (QED) is 0.649. The predicted octanol–water partition coefficient (Wildman–Crippen LogP) is 2.56. The number of hydrogen-bond donors (Lipinski definition) is 2. The van der Waals surface area contributed by atoms with Gasteiger partial charge in [0.25, 0.3) is 5.56 Å². The van der Waals surface area contributed by atoms with Crippen LogP contribution in [0.4, 0.5) is 5.95 Å². The summed E-state index contributed by atoms with van der Waals surface area (Å²) in [6, 6.07) is 6.85. The molecule has 0 saturated carbocycles. The molecule has 0 fully saturated rings. The summed E-state index contributed by atoms with van der Waals surface area (Å²) in [4.78, 5) is 18.3. The van der Waals surface area contributed by atoms with Crippen molar-refractivity contribution in [2.45, 2.75) is 6.42 Å². The first-order chi connectivity index (χ1) is 12.5. The largest absolute Gasteiger partial charge is 0.489 e. The second-order valence-electron chi connectivity index (χ2n) is 5.69. The van der Waals surface area contributed by atoms with Crippen LogP contribution in [-0.2, 0) is 13.5 Å². The minimum absolute atomic E-state index is 0.0388. The second-order valence-corrected chi connectivity index (χ2v) is 6.09. The molecular weight excluding hydrogens is 354 g/mol. The summed E-state index contributed by atoms with van der Waals surface area (Å²) in [6.45, 7) is 4.04. The molecule has 134 valence electrons. The third-order valence-electron chi connectivity index (χ3n) is 3.71. The van der Waals surface area contributed by atoms with Gasteiger partial charge in [0, 0.05) is 41.9 Å². The first-order valence-corrected chi connectivity index (χ1v) is 8.26. The summed E-state index contributed by atoms with van der Waals surface area (Å²) >= 11 is 6.39. The molecule has 3 rings (SSSR count). The van der Waals surface area contributed by atoms with Gasteiger partial charge >= 0.3 is 0 Å². The van der Waals surface area contributed by atoms with Crippen molar-refractivity contribution in [1.29, 1.82) is 0 Å². The number of rotatable bonds is 6. The Morgan fingerprint density at radius 2 is 2.27 bits per heavy atom. The van der Waals surface area contributed by atoms with E-state index in [2.05, 4.69) is 21.6 Å². The summed E-state index contributed by atoms with van der Waals surface area (Å²) < 4.78 is 7.37. The van der Waals surface area contributed by atoms with Crippen molar-refractivity contribution >= 4 is 17.5 Å². The van der Waals surface area contributed by atoms with Crippen molar-refractivity contribution < 1.29 is 4.74 Å². The minimum atomic E-state index is -0.336. The fourth-order valence-corrected chi connectivity index (χ4v) is 2.90. The number of nitrogens with two attached hydrogens (primary N) is 1. The van der Waals surface area contributed by atoms with Gasteiger partial charge in [-0.1, -0.05) is 30.3 Å². The number of nitrogen functional groups attached to an aromatic ring is 1. The van der Waals surface area contributed by atoms with Crippen molar-refractivity contribution in [3.8, 4) is 17.1 Å². The molecule has 8 heteroatoms. The van der Waals surface area contributed by atoms with Gasteiger partial charge in [-0.25, -0.2) is 4.98 Å². The van der Waals surface area contributed by atoms with E-state index in [9.17, 15) is 4.79 Å². The number of nitrogens with one attached hydrogen (secondary N) is 1. The van der Waals surface area contributed by atoms with E-state index >= 15 is 0 Å². The van der Waals surface area contributed by atoms with E-state index in [-0.39, 0.29) is 11.5 Å². The fraction of sp³-hybridized carbons (Fsp3) is 0.167. The second kappa shape index (κ2) is 7.45. The van der Waals surface area contributed by atoms with Crippen molar-refractivity contribution in [2.24, 2.45) is 7.05 Å². The number of hydrogen-bond acceptors (Lipinski definition) is 5. The summed E-state index contributed by atoms with van der Waals surface area (Å²) in [5.41, 5.74) is 7.97. The van der Waals surface area contributed by atoms with E-state index in [4.69, 9.17) is 22.1 Å². The van der Waals surface area contributed by atoms with Crippen molar-refractivity contribution in [1.82, 2.24) is 19.7 Å². The van der Waals surface area contributed by atoms with Crippen LogP contribution in [0.25, 0.3) is 11.4 Å². The maximum atomic E-state index is 11.7. The summed E-state index contributed by atoms with van der Waals surface area (Å²) in [5.74, 6) is 0.711. The zero-order valence-electron chi connectivity index (χ0n) is 14.2. The smallest absolute Gasteiger partial charge is 0.252 e. The maximum Gasteiger partial charge on any atom is 0.252 e. The Bertz CT molecular complexity index is 1010. The Balaban J connectivity index is 2.05. The van der Waals surface area contributed by atoms with Crippen LogP contribution in [0, 0.1) is 0 Å². The van der Waals surface area contributed by atoms with E-state index in [1.165, 1.54) is 6.07 Å². The SMILES string of the molecule is C=CCOc1cccc(Cl)c1Cc1cn(C)nc1-c1cc(=O)[nH]c(N)n1. The number of aryl methyl sites for hydroxylation is 1. The Kier molecular flexibility index (Phi) is 5.09. The topological polar surface area (TPSA) is 98.8 Å². The molecule has 26 heavy (non-hydrogen) atoms. The molecule has 0 unspecified atom stereocenters. The summed E-state index contributed by atoms with van der Waals surface area (Å²) in [7, 11) is 1.80. The Labute approximate surface area is 155 Å². The lowest BCUT2D eigenvalue weighted by atomic mass is 10.0. The molecule has 3 aromatic rings. The van der Waals surface area contributed by atoms with E-state index in [1.807, 2.05) is 18.3 Å². The van der Waals surface area contributed by atoms with E-state index in [0.717, 1.165) is 11.1 Å². The number of nitrogens with zero attached hydrogens (tertiary/aromatic N) is 3. The van der Waals surface area contributed by atoms with Gasteiger partial charge in [0.15, 0.2) is 0 Å². The fourth-order valence-electron chi connectivity index (χ4n) is 2.67. The van der Waals surface area contributed by atoms with Crippen LogP contribution in [0.2, 0.25) is 5.02 Å². The number of ether oxygens (including phenoxy) is 1. The molecule has 2 aromatic heterocycles. The summed E-state index contributed by atoms with van der Waals surface area (Å²) in [6.07, 6.45) is 3.99. The minimum Gasteiger partial charge on any atom is -0.489 e. The standard InChI is InChI=1S/C18H18ClN5O2/c1-3-7-26-15-6-4-5-13(19)12(15)8-11-10-24(2)23-17(11)14-9-16(25)22-18(20)21-14/h3-6,9-10H,1,7-8H2,2H3,(H3,20,21,22,25). The number of anilines is 1. The summed E-state index contributed by atoms with van der Waals surface area (Å²) in [5, 5.41) is 5.01. The molecule has 0 aliphatic carbocycles. The normalized spacial score (nSPS) is 10.7. The average Bonchev–Trinajstić information content (AvgIpc) is 2.95. The highest BCUT2D eigenvalue weighted by Gasteiger charge is 2.17. The molecule has 0 amide bonds. The Morgan fingerprint density at radius 3 is 3.00 bits per heavy atom. The van der Waals surface area contributed by atoms with Crippen LogP contribution < -0.4 is 16.0 Å². The van der Waals surface area contributed by atoms with Crippen LogP contribution in [-0.4, -0.2) is 26.4 Å². The van der Waals surface area contributed by atoms with Crippen LogP contribution in [0.3, 0.4) is 0 Å². The first-order valence-electron chi connectivity index (χ1n) is 7.88. The lowest BCUT2D eigenvalue weighted by Gasteiger charge is -2.12. The molecule has 0 atom stereocenters. The van der Waals surface area contributed by atoms with Crippen molar-refractivity contribution in [3.05, 3.63) is 69.6 Å². The molecule has 0 aliphatic rings. The predicted molar refractivity (Wildman–Crippen MR) is 101 cm³/mol. The van der Waals surface area contributed by atoms with Crippen LogP contribution in [0.5, 0.6) is 5.75 Å². The number of H-pyrrole nitrogens is 1. The highest BCUT2D eigenvalue weighted by atomic mass is 35.5. The highest BCUT2D eigenvalue weighted by Crippen LogP contribution is 2.31. The van der Waals surface area contributed by atoms with Crippen LogP contribution in [0.15, 0.2) is 47.9 Å². The number of benzene rings is 1.